The van der Waals surface area contributed by atoms with Gasteiger partial charge in [0, 0.05) is 6.28 Å². The van der Waals surface area contributed by atoms with Crippen LogP contribution in [-0.2, 0) is 9.53 Å². The summed E-state index contributed by atoms with van der Waals surface area (Å²) in [4.78, 5) is 13.9. The highest BCUT2D eigenvalue weighted by Crippen LogP contribution is 2.32. The molecule has 4 N–H and O–H groups in total. The molecule has 1 aliphatic rings. The first kappa shape index (κ1) is 12.2. The summed E-state index contributed by atoms with van der Waals surface area (Å²) in [6, 6.07) is 0. The minimum atomic E-state index is -2.51. The Morgan fingerprint density at radius 1 is 1.59 bits per heavy atom. The van der Waals surface area contributed by atoms with Crippen molar-refractivity contribution in [2.24, 2.45) is 5.11 Å². The van der Waals surface area contributed by atoms with Crippen LogP contribution in [0.25, 0.3) is 10.4 Å². The van der Waals surface area contributed by atoms with Gasteiger partial charge in [-0.2, -0.15) is 0 Å². The third-order valence-corrected chi connectivity index (χ3v) is 2.56. The minimum absolute atomic E-state index is 0.765. The van der Waals surface area contributed by atoms with E-state index < -0.39 is 49.4 Å². The van der Waals surface area contributed by atoms with Crippen LogP contribution in [0.3, 0.4) is 0 Å². The molecule has 1 saturated heterocycles. The van der Waals surface area contributed by atoms with Crippen LogP contribution >= 0.6 is 0 Å². The lowest BCUT2D eigenvalue weighted by Gasteiger charge is -2.44. The standard InChI is InChI=1S/C8H13N3O6/c1-3(13)8(10-11-9)7(16)6(15)5(14)4(2-12)17-8/h4-7,12,14-16H,2H2,1H3/t4-,5-,6+,7-,8?/m1/s1/i1D. The molecule has 9 heteroatoms. The molecule has 0 spiro atoms. The summed E-state index contributed by atoms with van der Waals surface area (Å²) in [6.45, 7) is -1.63. The van der Waals surface area contributed by atoms with Crippen molar-refractivity contribution >= 4 is 5.78 Å². The fraction of sp³-hybridized carbons (Fsp3) is 0.875. The summed E-state index contributed by atoms with van der Waals surface area (Å²) in [7, 11) is 0. The summed E-state index contributed by atoms with van der Waals surface area (Å²) in [5.74, 6) is -1.09. The molecule has 5 atom stereocenters. The van der Waals surface area contributed by atoms with Gasteiger partial charge in [-0.15, -0.1) is 0 Å². The minimum Gasteiger partial charge on any atom is -0.394 e. The van der Waals surface area contributed by atoms with Gasteiger partial charge in [0.1, 0.15) is 24.4 Å². The van der Waals surface area contributed by atoms with E-state index in [1.165, 1.54) is 0 Å². The number of ether oxygens (including phenoxy) is 1. The largest absolute Gasteiger partial charge is 0.394 e. The summed E-state index contributed by atoms with van der Waals surface area (Å²) in [5.41, 5.74) is 5.89. The van der Waals surface area contributed by atoms with E-state index in [1.54, 1.807) is 0 Å². The SMILES string of the molecule is [2H]CC(=O)C1(N=[N+]=[N-])O[C@H](CO)[C@@H](O)[C@H](O)[C@H]1O. The second-order valence-electron chi connectivity index (χ2n) is 3.57. The molecule has 0 aliphatic carbocycles. The van der Waals surface area contributed by atoms with Gasteiger partial charge in [0.2, 0.25) is 5.72 Å². The highest BCUT2D eigenvalue weighted by molar-refractivity contribution is 5.85. The lowest BCUT2D eigenvalue weighted by molar-refractivity contribution is -0.262. The van der Waals surface area contributed by atoms with Crippen LogP contribution in [0.4, 0.5) is 0 Å². The predicted molar refractivity (Wildman–Crippen MR) is 52.5 cm³/mol. The average molecular weight is 248 g/mol. The van der Waals surface area contributed by atoms with Crippen LogP contribution in [0.5, 0.6) is 0 Å². The Morgan fingerprint density at radius 2 is 2.24 bits per heavy atom. The van der Waals surface area contributed by atoms with Gasteiger partial charge in [0.15, 0.2) is 5.78 Å². The van der Waals surface area contributed by atoms with E-state index in [-0.39, 0.29) is 0 Å². The molecule has 1 unspecified atom stereocenters. The topological polar surface area (TPSA) is 156 Å². The van der Waals surface area contributed by atoms with Crippen molar-refractivity contribution < 1.29 is 31.3 Å². The Hall–Kier alpha value is -1.22. The number of rotatable bonds is 3. The Balaban J connectivity index is 3.23. The Bertz CT molecular complexity index is 374. The molecule has 0 aromatic rings. The molecule has 17 heavy (non-hydrogen) atoms. The van der Waals surface area contributed by atoms with Crippen molar-refractivity contribution in [3.8, 4) is 0 Å². The third-order valence-electron chi connectivity index (χ3n) is 2.56. The van der Waals surface area contributed by atoms with Crippen molar-refractivity contribution in [3.63, 3.8) is 0 Å². The van der Waals surface area contributed by atoms with Crippen molar-refractivity contribution in [1.82, 2.24) is 0 Å². The zero-order valence-corrected chi connectivity index (χ0v) is 8.67. The molecular formula is C8H13N3O6. The van der Waals surface area contributed by atoms with E-state index in [0.717, 1.165) is 0 Å². The van der Waals surface area contributed by atoms with E-state index in [4.69, 9.17) is 16.7 Å². The molecule has 1 aliphatic heterocycles. The van der Waals surface area contributed by atoms with E-state index in [9.17, 15) is 20.1 Å². The van der Waals surface area contributed by atoms with Crippen LogP contribution < -0.4 is 0 Å². The van der Waals surface area contributed by atoms with Gasteiger partial charge in [0.05, 0.1) is 6.61 Å². The molecule has 0 radical (unpaired) electrons. The summed E-state index contributed by atoms with van der Waals surface area (Å²) >= 11 is 0. The third kappa shape index (κ3) is 2.12. The molecule has 1 fully saturated rings. The first-order chi connectivity index (χ1) is 8.44. The van der Waals surface area contributed by atoms with E-state index in [2.05, 4.69) is 10.0 Å². The first-order valence-corrected chi connectivity index (χ1v) is 4.66. The number of aliphatic hydroxyl groups excluding tert-OH is 4. The molecule has 0 amide bonds. The van der Waals surface area contributed by atoms with Crippen LogP contribution in [0, 0.1) is 0 Å². The molecule has 0 saturated carbocycles. The van der Waals surface area contributed by atoms with Gasteiger partial charge < -0.3 is 25.2 Å². The van der Waals surface area contributed by atoms with Crippen molar-refractivity contribution in [1.29, 1.82) is 0 Å². The zero-order chi connectivity index (χ0) is 13.9. The predicted octanol–water partition coefficient (Wildman–Crippen LogP) is -1.94. The lowest BCUT2D eigenvalue weighted by atomic mass is 9.89. The smallest absolute Gasteiger partial charge is 0.233 e. The Labute approximate surface area is 97.3 Å². The van der Waals surface area contributed by atoms with Crippen LogP contribution in [-0.4, -0.2) is 63.0 Å². The van der Waals surface area contributed by atoms with Crippen LogP contribution in [0.15, 0.2) is 5.11 Å². The molecule has 0 bridgehead atoms. The van der Waals surface area contributed by atoms with Gasteiger partial charge in [-0.1, -0.05) is 0 Å². The number of carbonyl (C=O) groups excluding carboxylic acids is 1. The summed E-state index contributed by atoms with van der Waals surface area (Å²) < 4.78 is 11.9. The normalized spacial score (nSPS) is 42.5. The number of nitrogens with zero attached hydrogens (tertiary/aromatic N) is 3. The fourth-order valence-electron chi connectivity index (χ4n) is 1.59. The summed E-state index contributed by atoms with van der Waals surface area (Å²) in [6.07, 6.45) is -6.93. The van der Waals surface area contributed by atoms with E-state index in [1.807, 2.05) is 0 Å². The average Bonchev–Trinajstić information content (AvgIpc) is 2.38. The quantitative estimate of drug-likeness (QED) is 0.258. The van der Waals surface area contributed by atoms with E-state index in [0.29, 0.717) is 0 Å². The van der Waals surface area contributed by atoms with Gasteiger partial charge in [-0.25, -0.2) is 0 Å². The number of hydrogen-bond donors (Lipinski definition) is 4. The Kier molecular flexibility index (Phi) is 3.57. The number of ketones is 1. The van der Waals surface area contributed by atoms with Crippen LogP contribution in [0.2, 0.25) is 0 Å². The number of carbonyl (C=O) groups is 1. The molecule has 96 valence electrons. The summed E-state index contributed by atoms with van der Waals surface area (Å²) in [5, 5.41) is 40.7. The monoisotopic (exact) mass is 248 g/mol. The molecular weight excluding hydrogens is 234 g/mol. The maximum absolute atomic E-state index is 11.6. The molecule has 9 nitrogen and oxygen atoms in total. The van der Waals surface area contributed by atoms with Gasteiger partial charge in [-0.05, 0) is 17.5 Å². The highest BCUT2D eigenvalue weighted by atomic mass is 16.6. The molecule has 0 aromatic carbocycles. The second kappa shape index (κ2) is 4.96. The number of azide groups is 1. The van der Waals surface area contributed by atoms with Crippen molar-refractivity contribution in [2.75, 3.05) is 6.61 Å². The van der Waals surface area contributed by atoms with Crippen LogP contribution in [0.1, 0.15) is 8.27 Å². The maximum Gasteiger partial charge on any atom is 0.233 e. The first-order valence-electron chi connectivity index (χ1n) is 5.37. The molecule has 1 heterocycles. The highest BCUT2D eigenvalue weighted by Gasteiger charge is 2.56. The second-order valence-corrected chi connectivity index (χ2v) is 3.57. The molecule has 1 rings (SSSR count). The van der Waals surface area contributed by atoms with Crippen molar-refractivity contribution in [3.05, 3.63) is 10.4 Å². The number of Topliss-reactive ketones (excluding diaryl/α,β-unsaturated/α-hetero) is 1. The van der Waals surface area contributed by atoms with Gasteiger partial charge in [0.25, 0.3) is 0 Å². The van der Waals surface area contributed by atoms with Crippen molar-refractivity contribution in [2.45, 2.75) is 37.0 Å². The fourth-order valence-corrected chi connectivity index (χ4v) is 1.59. The maximum atomic E-state index is 11.6. The molecule has 0 aromatic heterocycles. The number of aliphatic hydroxyl groups is 4. The zero-order valence-electron chi connectivity index (χ0n) is 9.67. The Morgan fingerprint density at radius 3 is 2.71 bits per heavy atom. The lowest BCUT2D eigenvalue weighted by Crippen LogP contribution is -2.66. The number of hydrogen-bond acceptors (Lipinski definition) is 7. The van der Waals surface area contributed by atoms with E-state index >= 15 is 0 Å². The van der Waals surface area contributed by atoms with Gasteiger partial charge >= 0.3 is 0 Å². The van der Waals surface area contributed by atoms with Gasteiger partial charge in [-0.3, -0.25) is 4.79 Å².